The fourth-order valence-electron chi connectivity index (χ4n) is 1.08. The van der Waals surface area contributed by atoms with Crippen molar-refractivity contribution in [2.75, 3.05) is 20.1 Å². The number of amides is 3. The first kappa shape index (κ1) is 8.83. The summed E-state index contributed by atoms with van der Waals surface area (Å²) in [6, 6.07) is -0.0722. The molecule has 1 heterocycles. The number of nitrogens with one attached hydrogen (secondary N) is 2. The quantitative estimate of drug-likeness (QED) is 0.539. The summed E-state index contributed by atoms with van der Waals surface area (Å²) in [6.45, 7) is 2.78. The van der Waals surface area contributed by atoms with Crippen molar-refractivity contribution < 1.29 is 9.59 Å². The molecule has 1 aliphatic heterocycles. The molecule has 1 rings (SSSR count). The molecule has 0 saturated carbocycles. The molecule has 0 aliphatic carbocycles. The number of nitrogens with zero attached hydrogens (tertiary/aromatic N) is 1. The molecule has 0 aromatic heterocycles. The minimum Gasteiger partial charge on any atom is -0.341 e. The number of carbonyl (C=O) groups excluding carboxylic acids is 2. The molecule has 0 atom stereocenters. The number of rotatable bonds is 1. The van der Waals surface area contributed by atoms with Crippen molar-refractivity contribution in [3.8, 4) is 0 Å². The van der Waals surface area contributed by atoms with Crippen LogP contribution in [0.5, 0.6) is 0 Å². The highest BCUT2D eigenvalue weighted by atomic mass is 16.2. The van der Waals surface area contributed by atoms with E-state index in [0.29, 0.717) is 13.1 Å². The van der Waals surface area contributed by atoms with E-state index in [9.17, 15) is 9.59 Å². The molecule has 0 bridgehead atoms. The fraction of sp³-hybridized carbons (Fsp3) is 0.714. The van der Waals surface area contributed by atoms with Gasteiger partial charge in [-0.15, -0.1) is 0 Å². The molecule has 0 aromatic carbocycles. The Labute approximate surface area is 71.1 Å². The Bertz CT molecular complexity index is 199. The Morgan fingerprint density at radius 1 is 1.42 bits per heavy atom. The highest BCUT2D eigenvalue weighted by Crippen LogP contribution is 2.06. The summed E-state index contributed by atoms with van der Waals surface area (Å²) in [7, 11) is 1.57. The second-order valence-electron chi connectivity index (χ2n) is 2.84. The Kier molecular flexibility index (Phi) is 2.52. The van der Waals surface area contributed by atoms with E-state index in [-0.39, 0.29) is 18.0 Å². The largest absolute Gasteiger partial charge is 0.341 e. The van der Waals surface area contributed by atoms with Crippen LogP contribution in [0.1, 0.15) is 6.92 Å². The smallest absolute Gasteiger partial charge is 0.314 e. The summed E-state index contributed by atoms with van der Waals surface area (Å²) >= 11 is 0. The van der Waals surface area contributed by atoms with Gasteiger partial charge in [-0.2, -0.15) is 0 Å². The molecule has 1 fully saturated rings. The standard InChI is InChI=1S/C7H13N3O2/c1-5(11)10-3-6(4-10)9-7(12)8-2/h6H,3-4H2,1-2H3,(H2,8,9,12). The zero-order chi connectivity index (χ0) is 9.14. The number of hydrogen-bond acceptors (Lipinski definition) is 2. The van der Waals surface area contributed by atoms with Crippen molar-refractivity contribution >= 4 is 11.9 Å². The summed E-state index contributed by atoms with van der Waals surface area (Å²) in [5.74, 6) is 0.0601. The van der Waals surface area contributed by atoms with Crippen molar-refractivity contribution in [3.05, 3.63) is 0 Å². The van der Waals surface area contributed by atoms with Crippen LogP contribution in [0.3, 0.4) is 0 Å². The third-order valence-electron chi connectivity index (χ3n) is 1.89. The van der Waals surface area contributed by atoms with Gasteiger partial charge < -0.3 is 15.5 Å². The van der Waals surface area contributed by atoms with Gasteiger partial charge in [-0.05, 0) is 0 Å². The maximum absolute atomic E-state index is 10.8. The van der Waals surface area contributed by atoms with Crippen molar-refractivity contribution in [2.45, 2.75) is 13.0 Å². The van der Waals surface area contributed by atoms with Gasteiger partial charge in [0.15, 0.2) is 0 Å². The molecule has 68 valence electrons. The zero-order valence-corrected chi connectivity index (χ0v) is 7.26. The first-order chi connectivity index (χ1) is 5.63. The summed E-state index contributed by atoms with van der Waals surface area (Å²) < 4.78 is 0. The van der Waals surface area contributed by atoms with Gasteiger partial charge in [-0.25, -0.2) is 4.79 Å². The minimum absolute atomic E-state index is 0.0601. The lowest BCUT2D eigenvalue weighted by Crippen LogP contribution is -2.61. The Hall–Kier alpha value is -1.26. The SMILES string of the molecule is CNC(=O)NC1CN(C(C)=O)C1. The summed E-state index contributed by atoms with van der Waals surface area (Å²) in [5, 5.41) is 5.16. The number of likely N-dealkylation sites (tertiary alicyclic amines) is 1. The van der Waals surface area contributed by atoms with Gasteiger partial charge in [0.2, 0.25) is 5.91 Å². The van der Waals surface area contributed by atoms with E-state index in [1.165, 1.54) is 6.92 Å². The van der Waals surface area contributed by atoms with Crippen molar-refractivity contribution in [2.24, 2.45) is 0 Å². The molecule has 1 aliphatic rings. The van der Waals surface area contributed by atoms with Crippen LogP contribution < -0.4 is 10.6 Å². The Morgan fingerprint density at radius 3 is 2.42 bits per heavy atom. The van der Waals surface area contributed by atoms with E-state index >= 15 is 0 Å². The van der Waals surface area contributed by atoms with Gasteiger partial charge in [-0.3, -0.25) is 4.79 Å². The average molecular weight is 171 g/mol. The van der Waals surface area contributed by atoms with Crippen molar-refractivity contribution in [1.29, 1.82) is 0 Å². The van der Waals surface area contributed by atoms with E-state index in [2.05, 4.69) is 10.6 Å². The molecule has 5 nitrogen and oxygen atoms in total. The Balaban J connectivity index is 2.17. The first-order valence-corrected chi connectivity index (χ1v) is 3.87. The maximum Gasteiger partial charge on any atom is 0.314 e. The van der Waals surface area contributed by atoms with Crippen LogP contribution in [0.15, 0.2) is 0 Å². The molecule has 0 aromatic rings. The van der Waals surface area contributed by atoms with Crippen molar-refractivity contribution in [1.82, 2.24) is 15.5 Å². The molecular weight excluding hydrogens is 158 g/mol. The lowest BCUT2D eigenvalue weighted by molar-refractivity contribution is -0.133. The first-order valence-electron chi connectivity index (χ1n) is 3.87. The highest BCUT2D eigenvalue weighted by molar-refractivity contribution is 5.76. The maximum atomic E-state index is 10.8. The van der Waals surface area contributed by atoms with E-state index in [1.54, 1.807) is 11.9 Å². The number of carbonyl (C=O) groups is 2. The van der Waals surface area contributed by atoms with E-state index < -0.39 is 0 Å². The van der Waals surface area contributed by atoms with E-state index in [0.717, 1.165) is 0 Å². The topological polar surface area (TPSA) is 61.4 Å². The molecule has 0 unspecified atom stereocenters. The Morgan fingerprint density at radius 2 is 2.00 bits per heavy atom. The van der Waals surface area contributed by atoms with Crippen LogP contribution in [-0.4, -0.2) is 43.0 Å². The summed E-state index contributed by atoms with van der Waals surface area (Å²) in [6.07, 6.45) is 0. The second kappa shape index (κ2) is 3.42. The lowest BCUT2D eigenvalue weighted by Gasteiger charge is -2.38. The molecule has 0 spiro atoms. The molecule has 3 amide bonds. The minimum atomic E-state index is -0.191. The van der Waals surface area contributed by atoms with Crippen LogP contribution in [0.25, 0.3) is 0 Å². The van der Waals surface area contributed by atoms with Gasteiger partial charge in [0.25, 0.3) is 0 Å². The second-order valence-corrected chi connectivity index (χ2v) is 2.84. The lowest BCUT2D eigenvalue weighted by atomic mass is 10.1. The zero-order valence-electron chi connectivity index (χ0n) is 7.26. The molecule has 1 saturated heterocycles. The van der Waals surface area contributed by atoms with Crippen LogP contribution in [0.2, 0.25) is 0 Å². The predicted octanol–water partition coefficient (Wildman–Crippen LogP) is -0.854. The number of hydrogen-bond donors (Lipinski definition) is 2. The molecule has 5 heteroatoms. The van der Waals surface area contributed by atoms with Gasteiger partial charge >= 0.3 is 6.03 Å². The van der Waals surface area contributed by atoms with Crippen molar-refractivity contribution in [3.63, 3.8) is 0 Å². The molecule has 0 radical (unpaired) electrons. The van der Waals surface area contributed by atoms with Gasteiger partial charge in [-0.1, -0.05) is 0 Å². The fourth-order valence-corrected chi connectivity index (χ4v) is 1.08. The van der Waals surface area contributed by atoms with E-state index in [1.807, 2.05) is 0 Å². The molecule has 12 heavy (non-hydrogen) atoms. The van der Waals surface area contributed by atoms with Gasteiger partial charge in [0, 0.05) is 27.1 Å². The predicted molar refractivity (Wildman–Crippen MR) is 43.6 cm³/mol. The van der Waals surface area contributed by atoms with Gasteiger partial charge in [0.1, 0.15) is 0 Å². The molecular formula is C7H13N3O2. The summed E-state index contributed by atoms with van der Waals surface area (Å²) in [5.41, 5.74) is 0. The third kappa shape index (κ3) is 1.87. The average Bonchev–Trinajstić information content (AvgIpc) is 1.94. The normalized spacial score (nSPS) is 16.7. The van der Waals surface area contributed by atoms with Crippen LogP contribution in [0.4, 0.5) is 4.79 Å². The third-order valence-corrected chi connectivity index (χ3v) is 1.89. The molecule has 2 N–H and O–H groups in total. The van der Waals surface area contributed by atoms with Crippen LogP contribution in [-0.2, 0) is 4.79 Å². The van der Waals surface area contributed by atoms with Crippen LogP contribution in [0, 0.1) is 0 Å². The van der Waals surface area contributed by atoms with Crippen LogP contribution >= 0.6 is 0 Å². The number of urea groups is 1. The monoisotopic (exact) mass is 171 g/mol. The highest BCUT2D eigenvalue weighted by Gasteiger charge is 2.29. The van der Waals surface area contributed by atoms with E-state index in [4.69, 9.17) is 0 Å². The van der Waals surface area contributed by atoms with Gasteiger partial charge in [0.05, 0.1) is 6.04 Å². The summed E-state index contributed by atoms with van der Waals surface area (Å²) in [4.78, 5) is 23.2.